The maximum atomic E-state index is 12.2. The number of carbonyl (C=O) groups is 1. The molecule has 2 heterocycles. The van der Waals surface area contributed by atoms with E-state index < -0.39 is 6.10 Å². The molecule has 0 saturated carbocycles. The van der Waals surface area contributed by atoms with Gasteiger partial charge in [0, 0.05) is 19.3 Å². The van der Waals surface area contributed by atoms with Crippen LogP contribution in [0.3, 0.4) is 0 Å². The molecule has 0 bridgehead atoms. The van der Waals surface area contributed by atoms with Gasteiger partial charge in [-0.05, 0) is 31.4 Å². The Morgan fingerprint density at radius 3 is 3.00 bits per heavy atom. The minimum Gasteiger partial charge on any atom is -0.391 e. The Bertz CT molecular complexity index is 481. The van der Waals surface area contributed by atoms with Gasteiger partial charge >= 0.3 is 0 Å². The van der Waals surface area contributed by atoms with Crippen LogP contribution >= 0.6 is 0 Å². The highest BCUT2D eigenvalue weighted by molar-refractivity contribution is 5.95. The third-order valence-corrected chi connectivity index (χ3v) is 3.07. The van der Waals surface area contributed by atoms with Gasteiger partial charge in [-0.1, -0.05) is 0 Å². The van der Waals surface area contributed by atoms with Crippen LogP contribution in [-0.4, -0.2) is 40.1 Å². The van der Waals surface area contributed by atoms with Gasteiger partial charge in [-0.2, -0.15) is 0 Å². The highest BCUT2D eigenvalue weighted by Crippen LogP contribution is 2.13. The van der Waals surface area contributed by atoms with Gasteiger partial charge < -0.3 is 15.0 Å². The molecular formula is C12H16N2O3. The van der Waals surface area contributed by atoms with Gasteiger partial charge in [-0.25, -0.2) is 0 Å². The predicted molar refractivity (Wildman–Crippen MR) is 62.9 cm³/mol. The summed E-state index contributed by atoms with van der Waals surface area (Å²) in [4.78, 5) is 27.9. The number of β-amino-alcohol motifs (C(OH)–C–C–N with tert-alkyl or cyclic N) is 1. The van der Waals surface area contributed by atoms with Crippen molar-refractivity contribution in [1.82, 2.24) is 9.88 Å². The zero-order valence-corrected chi connectivity index (χ0v) is 9.77. The number of H-pyrrole nitrogens is 1. The molecule has 1 unspecified atom stereocenters. The number of carbonyl (C=O) groups excluding carboxylic acids is 1. The van der Waals surface area contributed by atoms with E-state index in [2.05, 4.69) is 4.98 Å². The summed E-state index contributed by atoms with van der Waals surface area (Å²) in [6.45, 7) is 2.65. The molecule has 2 N–H and O–H groups in total. The number of piperidine rings is 1. The van der Waals surface area contributed by atoms with Crippen molar-refractivity contribution in [1.29, 1.82) is 0 Å². The van der Waals surface area contributed by atoms with Gasteiger partial charge in [0.25, 0.3) is 11.5 Å². The first kappa shape index (κ1) is 11.9. The SMILES string of the molecule is Cc1cc[nH]c(=O)c1C(=O)N1CCCC(O)C1. The van der Waals surface area contributed by atoms with Crippen molar-refractivity contribution in [2.24, 2.45) is 0 Å². The summed E-state index contributed by atoms with van der Waals surface area (Å²) >= 11 is 0. The minimum atomic E-state index is -0.476. The molecule has 1 aliphatic heterocycles. The number of amides is 1. The van der Waals surface area contributed by atoms with Crippen LogP contribution in [0.1, 0.15) is 28.8 Å². The fourth-order valence-corrected chi connectivity index (χ4v) is 2.14. The van der Waals surface area contributed by atoms with E-state index in [4.69, 9.17) is 0 Å². The monoisotopic (exact) mass is 236 g/mol. The van der Waals surface area contributed by atoms with Crippen molar-refractivity contribution >= 4 is 5.91 Å². The first-order valence-corrected chi connectivity index (χ1v) is 5.75. The zero-order valence-electron chi connectivity index (χ0n) is 9.77. The molecule has 1 amide bonds. The number of rotatable bonds is 1. The second-order valence-electron chi connectivity index (χ2n) is 4.41. The standard InChI is InChI=1S/C12H16N2O3/c1-8-4-5-13-11(16)10(8)12(17)14-6-2-3-9(15)7-14/h4-5,9,15H,2-3,6-7H2,1H3,(H,13,16). The molecule has 1 aliphatic rings. The third-order valence-electron chi connectivity index (χ3n) is 3.07. The quantitative estimate of drug-likeness (QED) is 0.735. The van der Waals surface area contributed by atoms with Crippen molar-refractivity contribution in [2.75, 3.05) is 13.1 Å². The summed E-state index contributed by atoms with van der Waals surface area (Å²) in [5.74, 6) is -0.289. The van der Waals surface area contributed by atoms with Crippen LogP contribution in [0.4, 0.5) is 0 Å². The van der Waals surface area contributed by atoms with Gasteiger partial charge in [-0.15, -0.1) is 0 Å². The summed E-state index contributed by atoms with van der Waals surface area (Å²) in [5, 5.41) is 9.53. The Labute approximate surface area is 99.1 Å². The molecule has 0 aliphatic carbocycles. The summed E-state index contributed by atoms with van der Waals surface area (Å²) in [6.07, 6.45) is 2.54. The van der Waals surface area contributed by atoms with Crippen LogP contribution in [0, 0.1) is 6.92 Å². The van der Waals surface area contributed by atoms with E-state index >= 15 is 0 Å². The van der Waals surface area contributed by atoms with E-state index in [0.29, 0.717) is 25.1 Å². The maximum Gasteiger partial charge on any atom is 0.261 e. The van der Waals surface area contributed by atoms with Crippen LogP contribution in [0.5, 0.6) is 0 Å². The molecule has 0 radical (unpaired) electrons. The van der Waals surface area contributed by atoms with Gasteiger partial charge in [0.1, 0.15) is 5.56 Å². The fourth-order valence-electron chi connectivity index (χ4n) is 2.14. The number of aromatic nitrogens is 1. The molecule has 1 aromatic heterocycles. The number of hydrogen-bond donors (Lipinski definition) is 2. The van der Waals surface area contributed by atoms with E-state index in [1.54, 1.807) is 17.9 Å². The van der Waals surface area contributed by atoms with Crippen LogP contribution < -0.4 is 5.56 Å². The van der Waals surface area contributed by atoms with E-state index in [-0.39, 0.29) is 17.0 Å². The van der Waals surface area contributed by atoms with Crippen molar-refractivity contribution in [2.45, 2.75) is 25.9 Å². The molecule has 5 nitrogen and oxygen atoms in total. The smallest absolute Gasteiger partial charge is 0.261 e. The Morgan fingerprint density at radius 1 is 1.59 bits per heavy atom. The Hall–Kier alpha value is -1.62. The number of likely N-dealkylation sites (tertiary alicyclic amines) is 1. The molecule has 0 spiro atoms. The van der Waals surface area contributed by atoms with E-state index in [1.165, 1.54) is 6.20 Å². The fraction of sp³-hybridized carbons (Fsp3) is 0.500. The minimum absolute atomic E-state index is 0.182. The van der Waals surface area contributed by atoms with E-state index in [1.807, 2.05) is 0 Å². The molecule has 2 rings (SSSR count). The van der Waals surface area contributed by atoms with Gasteiger partial charge in [0.05, 0.1) is 6.10 Å². The molecule has 92 valence electrons. The number of pyridine rings is 1. The lowest BCUT2D eigenvalue weighted by atomic mass is 10.1. The van der Waals surface area contributed by atoms with Crippen molar-refractivity contribution in [3.63, 3.8) is 0 Å². The molecule has 1 saturated heterocycles. The topological polar surface area (TPSA) is 73.4 Å². The van der Waals surface area contributed by atoms with Crippen molar-refractivity contribution < 1.29 is 9.90 Å². The average Bonchev–Trinajstić information content (AvgIpc) is 2.28. The highest BCUT2D eigenvalue weighted by atomic mass is 16.3. The summed E-state index contributed by atoms with van der Waals surface area (Å²) < 4.78 is 0. The summed E-state index contributed by atoms with van der Waals surface area (Å²) in [5.41, 5.74) is 0.482. The van der Waals surface area contributed by atoms with Crippen LogP contribution in [-0.2, 0) is 0 Å². The van der Waals surface area contributed by atoms with Crippen molar-refractivity contribution in [3.8, 4) is 0 Å². The number of aliphatic hydroxyl groups is 1. The normalized spacial score (nSPS) is 20.4. The van der Waals surface area contributed by atoms with Gasteiger partial charge in [-0.3, -0.25) is 9.59 Å². The molecule has 1 atom stereocenters. The third kappa shape index (κ3) is 2.39. The molecule has 0 aromatic carbocycles. The van der Waals surface area contributed by atoms with Crippen LogP contribution in [0.2, 0.25) is 0 Å². The Kier molecular flexibility index (Phi) is 3.28. The lowest BCUT2D eigenvalue weighted by Gasteiger charge is -2.30. The molecule has 5 heteroatoms. The van der Waals surface area contributed by atoms with Gasteiger partial charge in [0.2, 0.25) is 0 Å². The Balaban J connectivity index is 2.28. The summed E-state index contributed by atoms with van der Waals surface area (Å²) in [7, 11) is 0. The number of nitrogens with one attached hydrogen (secondary N) is 1. The average molecular weight is 236 g/mol. The number of nitrogens with zero attached hydrogens (tertiary/aromatic N) is 1. The Morgan fingerprint density at radius 2 is 2.35 bits per heavy atom. The molecule has 1 aromatic rings. The largest absolute Gasteiger partial charge is 0.391 e. The first-order valence-electron chi connectivity index (χ1n) is 5.75. The zero-order chi connectivity index (χ0) is 12.4. The first-order chi connectivity index (χ1) is 8.09. The number of aryl methyl sites for hydroxylation is 1. The van der Waals surface area contributed by atoms with E-state index in [9.17, 15) is 14.7 Å². The van der Waals surface area contributed by atoms with E-state index in [0.717, 1.165) is 6.42 Å². The van der Waals surface area contributed by atoms with Crippen LogP contribution in [0.15, 0.2) is 17.1 Å². The molecule has 17 heavy (non-hydrogen) atoms. The predicted octanol–water partition coefficient (Wildman–Crippen LogP) is 0.280. The second kappa shape index (κ2) is 4.71. The highest BCUT2D eigenvalue weighted by Gasteiger charge is 2.25. The second-order valence-corrected chi connectivity index (χ2v) is 4.41. The lowest BCUT2D eigenvalue weighted by molar-refractivity contribution is 0.0471. The molecule has 1 fully saturated rings. The summed E-state index contributed by atoms with van der Waals surface area (Å²) in [6, 6.07) is 1.70. The lowest BCUT2D eigenvalue weighted by Crippen LogP contribution is -2.44. The van der Waals surface area contributed by atoms with Gasteiger partial charge in [0.15, 0.2) is 0 Å². The van der Waals surface area contributed by atoms with Crippen molar-refractivity contribution in [3.05, 3.63) is 33.7 Å². The maximum absolute atomic E-state index is 12.2. The molecular weight excluding hydrogens is 220 g/mol. The van der Waals surface area contributed by atoms with Crippen LogP contribution in [0.25, 0.3) is 0 Å². The number of hydrogen-bond acceptors (Lipinski definition) is 3. The number of aliphatic hydroxyl groups excluding tert-OH is 1. The number of aromatic amines is 1.